The summed E-state index contributed by atoms with van der Waals surface area (Å²) in [6.45, 7) is 0. The molecule has 2 atom stereocenters. The number of rotatable bonds is 4. The zero-order chi connectivity index (χ0) is 17.9. The molecule has 140 valence electrons. The minimum absolute atomic E-state index is 0. The van der Waals surface area contributed by atoms with Gasteiger partial charge in [0.05, 0.1) is 6.04 Å². The second kappa shape index (κ2) is 8.51. The second-order valence-electron chi connectivity index (χ2n) is 6.58. The molecule has 2 aromatic carbocycles. The Hall–Kier alpha value is -2.43. The molecule has 1 aliphatic heterocycles. The van der Waals surface area contributed by atoms with Crippen LogP contribution in [0.25, 0.3) is 11.1 Å². The van der Waals surface area contributed by atoms with Crippen molar-refractivity contribution < 1.29 is 9.13 Å². The fourth-order valence-corrected chi connectivity index (χ4v) is 3.58. The average molecular weight is 385 g/mol. The maximum atomic E-state index is 13.2. The molecular weight excluding hydrogens is 363 g/mol. The summed E-state index contributed by atoms with van der Waals surface area (Å²) in [4.78, 5) is 4.40. The van der Waals surface area contributed by atoms with E-state index in [1.807, 2.05) is 31.4 Å². The Kier molecular flexibility index (Phi) is 6.09. The van der Waals surface area contributed by atoms with E-state index in [4.69, 9.17) is 4.74 Å². The highest BCUT2D eigenvalue weighted by Gasteiger charge is 2.28. The van der Waals surface area contributed by atoms with Crippen LogP contribution in [0.1, 0.15) is 23.6 Å². The molecular formula is C22H22ClFN2O. The number of hydrogen-bond donors (Lipinski definition) is 1. The van der Waals surface area contributed by atoms with Gasteiger partial charge in [-0.3, -0.25) is 4.98 Å². The van der Waals surface area contributed by atoms with Gasteiger partial charge in [0, 0.05) is 18.0 Å². The molecule has 1 aliphatic rings. The number of aromatic nitrogens is 1. The van der Waals surface area contributed by atoms with Crippen molar-refractivity contribution in [3.05, 3.63) is 83.9 Å². The van der Waals surface area contributed by atoms with Crippen LogP contribution in [0.2, 0.25) is 0 Å². The number of hydrogen-bond acceptors (Lipinski definition) is 3. The van der Waals surface area contributed by atoms with Crippen molar-refractivity contribution in [1.82, 2.24) is 10.3 Å². The monoisotopic (exact) mass is 384 g/mol. The molecule has 4 rings (SSSR count). The Morgan fingerprint density at radius 3 is 2.63 bits per heavy atom. The lowest BCUT2D eigenvalue weighted by Gasteiger charge is -2.32. The maximum Gasteiger partial charge on any atom is 0.123 e. The molecule has 2 unspecified atom stereocenters. The smallest absolute Gasteiger partial charge is 0.123 e. The quantitative estimate of drug-likeness (QED) is 0.690. The summed E-state index contributed by atoms with van der Waals surface area (Å²) < 4.78 is 19.4. The number of para-hydroxylation sites is 1. The van der Waals surface area contributed by atoms with E-state index in [1.165, 1.54) is 17.7 Å². The lowest BCUT2D eigenvalue weighted by molar-refractivity contribution is 0.132. The van der Waals surface area contributed by atoms with E-state index < -0.39 is 0 Å². The highest BCUT2D eigenvalue weighted by molar-refractivity contribution is 5.85. The van der Waals surface area contributed by atoms with Gasteiger partial charge in [-0.05, 0) is 60.8 Å². The van der Waals surface area contributed by atoms with Crippen LogP contribution in [0.5, 0.6) is 5.75 Å². The van der Waals surface area contributed by atoms with Crippen molar-refractivity contribution in [1.29, 1.82) is 0 Å². The van der Waals surface area contributed by atoms with Gasteiger partial charge in [-0.1, -0.05) is 30.3 Å². The van der Waals surface area contributed by atoms with Gasteiger partial charge in [0.15, 0.2) is 0 Å². The zero-order valence-electron chi connectivity index (χ0n) is 15.1. The first kappa shape index (κ1) is 19.3. The zero-order valence-corrected chi connectivity index (χ0v) is 15.9. The van der Waals surface area contributed by atoms with Crippen molar-refractivity contribution in [3.8, 4) is 16.9 Å². The lowest BCUT2D eigenvalue weighted by atomic mass is 9.93. The summed E-state index contributed by atoms with van der Waals surface area (Å²) in [5.74, 6) is 0.729. The SMILES string of the molecule is CNC(c1cncc(-c2ccc(F)cc2)c1)C1CCc2ccccc2O1.Cl. The summed E-state index contributed by atoms with van der Waals surface area (Å²) in [5, 5.41) is 3.38. The van der Waals surface area contributed by atoms with E-state index in [9.17, 15) is 4.39 Å². The van der Waals surface area contributed by atoms with Gasteiger partial charge < -0.3 is 10.1 Å². The molecule has 0 aliphatic carbocycles. The number of likely N-dealkylation sites (N-methyl/N-ethyl adjacent to an activating group) is 1. The van der Waals surface area contributed by atoms with E-state index in [2.05, 4.69) is 22.4 Å². The van der Waals surface area contributed by atoms with Crippen LogP contribution >= 0.6 is 12.4 Å². The van der Waals surface area contributed by atoms with Crippen LogP contribution in [0.15, 0.2) is 67.0 Å². The first-order chi connectivity index (χ1) is 12.7. The molecule has 1 N–H and O–H groups in total. The van der Waals surface area contributed by atoms with Crippen LogP contribution in [-0.2, 0) is 6.42 Å². The average Bonchev–Trinajstić information content (AvgIpc) is 2.69. The Morgan fingerprint density at radius 1 is 1.07 bits per heavy atom. The van der Waals surface area contributed by atoms with Crippen LogP contribution in [0.3, 0.4) is 0 Å². The van der Waals surface area contributed by atoms with Gasteiger partial charge in [-0.25, -0.2) is 4.39 Å². The molecule has 0 fully saturated rings. The number of halogens is 2. The summed E-state index contributed by atoms with van der Waals surface area (Å²) in [7, 11) is 1.94. The Balaban J connectivity index is 0.00000210. The summed E-state index contributed by atoms with van der Waals surface area (Å²) in [6, 6.07) is 16.8. The number of pyridine rings is 1. The molecule has 0 spiro atoms. The Labute approximate surface area is 165 Å². The third-order valence-electron chi connectivity index (χ3n) is 4.93. The molecule has 5 heteroatoms. The molecule has 3 aromatic rings. The minimum atomic E-state index is -0.236. The molecule has 27 heavy (non-hydrogen) atoms. The molecule has 0 amide bonds. The Bertz CT molecular complexity index is 901. The lowest BCUT2D eigenvalue weighted by Crippen LogP contribution is -2.36. The normalized spacial score (nSPS) is 16.6. The van der Waals surface area contributed by atoms with Crippen molar-refractivity contribution in [3.63, 3.8) is 0 Å². The third kappa shape index (κ3) is 4.12. The Morgan fingerprint density at radius 2 is 1.85 bits per heavy atom. The molecule has 0 saturated carbocycles. The van der Waals surface area contributed by atoms with Gasteiger partial charge in [0.2, 0.25) is 0 Å². The number of fused-ring (bicyclic) bond motifs is 1. The number of nitrogens with zero attached hydrogens (tertiary/aromatic N) is 1. The molecule has 1 aromatic heterocycles. The fourth-order valence-electron chi connectivity index (χ4n) is 3.58. The maximum absolute atomic E-state index is 13.2. The number of nitrogens with one attached hydrogen (secondary N) is 1. The molecule has 3 nitrogen and oxygen atoms in total. The van der Waals surface area contributed by atoms with Gasteiger partial charge in [-0.15, -0.1) is 12.4 Å². The van der Waals surface area contributed by atoms with Crippen LogP contribution in [-0.4, -0.2) is 18.1 Å². The first-order valence-corrected chi connectivity index (χ1v) is 8.87. The van der Waals surface area contributed by atoms with Gasteiger partial charge in [-0.2, -0.15) is 0 Å². The van der Waals surface area contributed by atoms with Crippen LogP contribution < -0.4 is 10.1 Å². The highest BCUT2D eigenvalue weighted by atomic mass is 35.5. The van der Waals surface area contributed by atoms with E-state index in [1.54, 1.807) is 18.3 Å². The summed E-state index contributed by atoms with van der Waals surface area (Å²) >= 11 is 0. The standard InChI is InChI=1S/C22H21FN2O.ClH/c1-24-22(21-11-8-16-4-2-3-5-20(16)26-21)18-12-17(13-25-14-18)15-6-9-19(23)10-7-15;/h2-7,9-10,12-14,21-22,24H,8,11H2,1H3;1H. The van der Waals surface area contributed by atoms with Gasteiger partial charge in [0.25, 0.3) is 0 Å². The van der Waals surface area contributed by atoms with Crippen molar-refractivity contribution in [2.24, 2.45) is 0 Å². The topological polar surface area (TPSA) is 34.2 Å². The second-order valence-corrected chi connectivity index (χ2v) is 6.58. The third-order valence-corrected chi connectivity index (χ3v) is 4.93. The van der Waals surface area contributed by atoms with Gasteiger partial charge in [0.1, 0.15) is 17.7 Å². The molecule has 0 radical (unpaired) electrons. The van der Waals surface area contributed by atoms with E-state index in [0.29, 0.717) is 0 Å². The van der Waals surface area contributed by atoms with Crippen molar-refractivity contribution in [2.75, 3.05) is 7.05 Å². The molecule has 0 bridgehead atoms. The van der Waals surface area contributed by atoms with E-state index in [0.717, 1.165) is 35.3 Å². The number of benzene rings is 2. The summed E-state index contributed by atoms with van der Waals surface area (Å²) in [5.41, 5.74) is 4.25. The molecule has 2 heterocycles. The number of ether oxygens (including phenoxy) is 1. The summed E-state index contributed by atoms with van der Waals surface area (Å²) in [6.07, 6.45) is 5.67. The minimum Gasteiger partial charge on any atom is -0.488 e. The van der Waals surface area contributed by atoms with Crippen molar-refractivity contribution >= 4 is 12.4 Å². The van der Waals surface area contributed by atoms with Crippen LogP contribution in [0, 0.1) is 5.82 Å². The fraction of sp³-hybridized carbons (Fsp3) is 0.227. The number of aryl methyl sites for hydroxylation is 1. The van der Waals surface area contributed by atoms with Gasteiger partial charge >= 0.3 is 0 Å². The van der Waals surface area contributed by atoms with Crippen LogP contribution in [0.4, 0.5) is 4.39 Å². The van der Waals surface area contributed by atoms with Crippen molar-refractivity contribution in [2.45, 2.75) is 25.0 Å². The van der Waals surface area contributed by atoms with E-state index in [-0.39, 0.29) is 30.4 Å². The molecule has 0 saturated heterocycles. The largest absolute Gasteiger partial charge is 0.488 e. The van der Waals surface area contributed by atoms with E-state index >= 15 is 0 Å². The predicted molar refractivity (Wildman–Crippen MR) is 108 cm³/mol. The first-order valence-electron chi connectivity index (χ1n) is 8.87. The predicted octanol–water partition coefficient (Wildman–Crippen LogP) is 4.96. The highest BCUT2D eigenvalue weighted by Crippen LogP contribution is 2.33.